The number of benzene rings is 2. The third kappa shape index (κ3) is 4.67. The standard InChI is InChI=1S/C19H18FN3O2/c20-16-8-4-5-9-17(16)25-13-18(24)21-11-10-15-12-22-19(23-15)14-6-2-1-3-7-14/h1-9,12H,10-11,13H2,(H,21,24)(H,22,23). The molecule has 1 amide bonds. The van der Waals surface area contributed by atoms with Gasteiger partial charge in [0.25, 0.3) is 5.91 Å². The first-order chi connectivity index (χ1) is 12.2. The SMILES string of the molecule is O=C(COc1ccccc1F)NCCc1cnc(-c2ccccc2)[nH]1. The Bertz CT molecular complexity index is 833. The lowest BCUT2D eigenvalue weighted by atomic mass is 10.2. The van der Waals surface area contributed by atoms with Crippen LogP contribution >= 0.6 is 0 Å². The zero-order chi connectivity index (χ0) is 17.5. The van der Waals surface area contributed by atoms with Gasteiger partial charge in [0, 0.05) is 30.4 Å². The van der Waals surface area contributed by atoms with E-state index in [4.69, 9.17) is 4.74 Å². The molecule has 5 nitrogen and oxygen atoms in total. The van der Waals surface area contributed by atoms with Gasteiger partial charge in [0.2, 0.25) is 0 Å². The van der Waals surface area contributed by atoms with E-state index in [1.165, 1.54) is 12.1 Å². The Kier molecular flexibility index (Phi) is 5.41. The number of para-hydroxylation sites is 1. The Morgan fingerprint density at radius 3 is 2.68 bits per heavy atom. The first-order valence-corrected chi connectivity index (χ1v) is 7.96. The second-order valence-corrected chi connectivity index (χ2v) is 5.44. The van der Waals surface area contributed by atoms with Crippen LogP contribution in [0.1, 0.15) is 5.69 Å². The lowest BCUT2D eigenvalue weighted by Crippen LogP contribution is -2.30. The van der Waals surface area contributed by atoms with Gasteiger partial charge in [-0.3, -0.25) is 4.79 Å². The summed E-state index contributed by atoms with van der Waals surface area (Å²) in [4.78, 5) is 19.3. The number of amides is 1. The number of carbonyl (C=O) groups is 1. The van der Waals surface area contributed by atoms with Crippen LogP contribution < -0.4 is 10.1 Å². The molecule has 0 unspecified atom stereocenters. The van der Waals surface area contributed by atoms with Crippen molar-refractivity contribution in [1.29, 1.82) is 0 Å². The fourth-order valence-corrected chi connectivity index (χ4v) is 2.32. The van der Waals surface area contributed by atoms with Crippen molar-refractivity contribution < 1.29 is 13.9 Å². The second-order valence-electron chi connectivity index (χ2n) is 5.44. The number of rotatable bonds is 7. The molecule has 3 rings (SSSR count). The van der Waals surface area contributed by atoms with Crippen molar-refractivity contribution in [3.63, 3.8) is 0 Å². The lowest BCUT2D eigenvalue weighted by Gasteiger charge is -2.07. The summed E-state index contributed by atoms with van der Waals surface area (Å²) in [6.07, 6.45) is 2.37. The first kappa shape index (κ1) is 16.7. The van der Waals surface area contributed by atoms with Gasteiger partial charge in [-0.25, -0.2) is 9.37 Å². The van der Waals surface area contributed by atoms with E-state index in [-0.39, 0.29) is 18.3 Å². The predicted molar refractivity (Wildman–Crippen MR) is 92.6 cm³/mol. The van der Waals surface area contributed by atoms with Gasteiger partial charge in [-0.05, 0) is 12.1 Å². The number of imidazole rings is 1. The molecule has 0 aliphatic rings. The average molecular weight is 339 g/mol. The monoisotopic (exact) mass is 339 g/mol. The molecule has 3 aromatic rings. The topological polar surface area (TPSA) is 67.0 Å². The molecule has 0 radical (unpaired) electrons. The van der Waals surface area contributed by atoms with Crippen molar-refractivity contribution in [2.75, 3.05) is 13.2 Å². The predicted octanol–water partition coefficient (Wildman–Crippen LogP) is 2.95. The third-order valence-electron chi connectivity index (χ3n) is 3.59. The van der Waals surface area contributed by atoms with Crippen molar-refractivity contribution in [3.8, 4) is 17.1 Å². The fraction of sp³-hybridized carbons (Fsp3) is 0.158. The van der Waals surface area contributed by atoms with E-state index in [1.54, 1.807) is 18.3 Å². The minimum Gasteiger partial charge on any atom is -0.481 e. The quantitative estimate of drug-likeness (QED) is 0.695. The van der Waals surface area contributed by atoms with Crippen LogP contribution in [0.5, 0.6) is 5.75 Å². The molecule has 0 bridgehead atoms. The number of nitrogens with zero attached hydrogens (tertiary/aromatic N) is 1. The van der Waals surface area contributed by atoms with Gasteiger partial charge in [-0.15, -0.1) is 0 Å². The van der Waals surface area contributed by atoms with Gasteiger partial charge < -0.3 is 15.0 Å². The van der Waals surface area contributed by atoms with Crippen LogP contribution in [-0.2, 0) is 11.2 Å². The van der Waals surface area contributed by atoms with Gasteiger partial charge in [-0.2, -0.15) is 0 Å². The Labute approximate surface area is 144 Å². The highest BCUT2D eigenvalue weighted by atomic mass is 19.1. The maximum atomic E-state index is 13.4. The summed E-state index contributed by atoms with van der Waals surface area (Å²) < 4.78 is 18.5. The van der Waals surface area contributed by atoms with Gasteiger partial charge >= 0.3 is 0 Å². The number of hydrogen-bond acceptors (Lipinski definition) is 3. The summed E-state index contributed by atoms with van der Waals surface area (Å²) in [6.45, 7) is 0.217. The van der Waals surface area contributed by atoms with Gasteiger partial charge in [-0.1, -0.05) is 42.5 Å². The highest BCUT2D eigenvalue weighted by Crippen LogP contribution is 2.15. The molecule has 1 heterocycles. The molecule has 2 aromatic carbocycles. The minimum absolute atomic E-state index is 0.0683. The van der Waals surface area contributed by atoms with E-state index < -0.39 is 5.82 Å². The van der Waals surface area contributed by atoms with Crippen LogP contribution in [0.4, 0.5) is 4.39 Å². The zero-order valence-corrected chi connectivity index (χ0v) is 13.5. The Hall–Kier alpha value is -3.15. The summed E-state index contributed by atoms with van der Waals surface area (Å²) >= 11 is 0. The maximum Gasteiger partial charge on any atom is 0.257 e. The number of aromatic amines is 1. The van der Waals surface area contributed by atoms with Crippen LogP contribution in [0, 0.1) is 5.82 Å². The number of carbonyl (C=O) groups excluding carboxylic acids is 1. The molecule has 0 spiro atoms. The Morgan fingerprint density at radius 2 is 1.88 bits per heavy atom. The van der Waals surface area contributed by atoms with E-state index in [0.29, 0.717) is 13.0 Å². The average Bonchev–Trinajstić information content (AvgIpc) is 3.11. The van der Waals surface area contributed by atoms with E-state index in [1.807, 2.05) is 30.3 Å². The molecular weight excluding hydrogens is 321 g/mol. The Morgan fingerprint density at radius 1 is 1.12 bits per heavy atom. The largest absolute Gasteiger partial charge is 0.481 e. The first-order valence-electron chi connectivity index (χ1n) is 7.96. The minimum atomic E-state index is -0.485. The smallest absolute Gasteiger partial charge is 0.257 e. The molecule has 6 heteroatoms. The van der Waals surface area contributed by atoms with Gasteiger partial charge in [0.1, 0.15) is 5.82 Å². The summed E-state index contributed by atoms with van der Waals surface area (Å²) in [5, 5.41) is 2.74. The molecule has 128 valence electrons. The summed E-state index contributed by atoms with van der Waals surface area (Å²) in [5.41, 5.74) is 1.94. The normalized spacial score (nSPS) is 10.4. The third-order valence-corrected chi connectivity index (χ3v) is 3.59. The number of halogens is 1. The van der Waals surface area contributed by atoms with Crippen molar-refractivity contribution >= 4 is 5.91 Å². The van der Waals surface area contributed by atoms with Crippen LogP contribution in [0.2, 0.25) is 0 Å². The summed E-state index contributed by atoms with van der Waals surface area (Å²) in [7, 11) is 0. The Balaban J connectivity index is 1.43. The molecule has 0 saturated carbocycles. The van der Waals surface area contributed by atoms with Gasteiger partial charge in [0.15, 0.2) is 18.2 Å². The molecular formula is C19H18FN3O2. The van der Waals surface area contributed by atoms with E-state index in [9.17, 15) is 9.18 Å². The van der Waals surface area contributed by atoms with E-state index >= 15 is 0 Å². The molecule has 25 heavy (non-hydrogen) atoms. The number of nitrogens with one attached hydrogen (secondary N) is 2. The van der Waals surface area contributed by atoms with Crippen LogP contribution in [-0.4, -0.2) is 29.0 Å². The fourth-order valence-electron chi connectivity index (χ4n) is 2.32. The summed E-state index contributed by atoms with van der Waals surface area (Å²) in [6, 6.07) is 15.8. The second kappa shape index (κ2) is 8.10. The number of H-pyrrole nitrogens is 1. The van der Waals surface area contributed by atoms with Crippen molar-refractivity contribution in [2.24, 2.45) is 0 Å². The van der Waals surface area contributed by atoms with Crippen molar-refractivity contribution in [2.45, 2.75) is 6.42 Å². The molecule has 2 N–H and O–H groups in total. The number of ether oxygens (including phenoxy) is 1. The van der Waals surface area contributed by atoms with Crippen LogP contribution in [0.25, 0.3) is 11.4 Å². The lowest BCUT2D eigenvalue weighted by molar-refractivity contribution is -0.123. The highest BCUT2D eigenvalue weighted by molar-refractivity contribution is 5.77. The molecule has 0 aliphatic heterocycles. The molecule has 0 saturated heterocycles. The van der Waals surface area contributed by atoms with E-state index in [0.717, 1.165) is 17.1 Å². The highest BCUT2D eigenvalue weighted by Gasteiger charge is 2.07. The van der Waals surface area contributed by atoms with E-state index in [2.05, 4.69) is 15.3 Å². The maximum absolute atomic E-state index is 13.4. The van der Waals surface area contributed by atoms with Crippen molar-refractivity contribution in [3.05, 3.63) is 72.3 Å². The van der Waals surface area contributed by atoms with Crippen LogP contribution in [0.3, 0.4) is 0 Å². The van der Waals surface area contributed by atoms with Crippen molar-refractivity contribution in [1.82, 2.24) is 15.3 Å². The molecule has 0 aliphatic carbocycles. The number of aromatic nitrogens is 2. The molecule has 1 aromatic heterocycles. The number of hydrogen-bond donors (Lipinski definition) is 2. The van der Waals surface area contributed by atoms with Crippen LogP contribution in [0.15, 0.2) is 60.8 Å². The molecule has 0 fully saturated rings. The van der Waals surface area contributed by atoms with Gasteiger partial charge in [0.05, 0.1) is 0 Å². The molecule has 0 atom stereocenters. The zero-order valence-electron chi connectivity index (χ0n) is 13.5. The summed E-state index contributed by atoms with van der Waals surface area (Å²) in [5.74, 6) is 0.0794.